The summed E-state index contributed by atoms with van der Waals surface area (Å²) in [5.74, 6) is -0.379. The van der Waals surface area contributed by atoms with Crippen LogP contribution in [0.1, 0.15) is 22.5 Å². The minimum Gasteiger partial charge on any atom is -0.318 e. The second kappa shape index (κ2) is 7.51. The van der Waals surface area contributed by atoms with Crippen LogP contribution >= 0.6 is 35.1 Å². The Morgan fingerprint density at radius 3 is 2.72 bits per heavy atom. The van der Waals surface area contributed by atoms with Gasteiger partial charge in [0.2, 0.25) is 5.17 Å². The Hall–Kier alpha value is -2.29. The van der Waals surface area contributed by atoms with Gasteiger partial charge in [0.25, 0.3) is 5.91 Å². The summed E-state index contributed by atoms with van der Waals surface area (Å²) in [6.45, 7) is 6.03. The normalized spacial score (nSPS) is 17.7. The van der Waals surface area contributed by atoms with Crippen molar-refractivity contribution in [3.05, 3.63) is 57.4 Å². The van der Waals surface area contributed by atoms with E-state index in [0.717, 1.165) is 32.6 Å². The first-order valence-electron chi connectivity index (χ1n) is 8.80. The average molecular weight is 444 g/mol. The summed E-state index contributed by atoms with van der Waals surface area (Å²) in [6, 6.07) is 7.78. The number of aromatic nitrogens is 1. The van der Waals surface area contributed by atoms with Crippen LogP contribution in [-0.2, 0) is 4.79 Å². The van der Waals surface area contributed by atoms with E-state index in [1.54, 1.807) is 6.08 Å². The van der Waals surface area contributed by atoms with Gasteiger partial charge in [0.15, 0.2) is 10.2 Å². The highest BCUT2D eigenvalue weighted by molar-refractivity contribution is 8.45. The van der Waals surface area contributed by atoms with Gasteiger partial charge in [0, 0.05) is 22.1 Å². The molecule has 0 saturated heterocycles. The smallest absolute Gasteiger partial charge is 0.283 e. The number of rotatable bonds is 2. The molecule has 1 aromatic carbocycles. The fourth-order valence-electron chi connectivity index (χ4n) is 3.34. The molecule has 2 aliphatic heterocycles. The van der Waals surface area contributed by atoms with E-state index < -0.39 is 5.91 Å². The number of fused-ring (bicyclic) bond motifs is 1. The number of hydrogen-bond donors (Lipinski definition) is 1. The molecule has 4 rings (SSSR count). The lowest BCUT2D eigenvalue weighted by molar-refractivity contribution is -0.114. The van der Waals surface area contributed by atoms with Gasteiger partial charge in [0.1, 0.15) is 0 Å². The standard InChI is InChI=1S/C20H18ClN5OS2/c1-10-5-6-14(21)9-16(10)25-11(2)7-13(12(25)3)8-15-17(22)26-19(23-18(15)27)29-20(24-26)28-4/h5-9,22H,1-4H3/b15-8+,22-17?. The molecule has 0 aliphatic carbocycles. The number of carbonyl (C=O) groups is 1. The van der Waals surface area contributed by atoms with Gasteiger partial charge in [-0.1, -0.05) is 17.7 Å². The summed E-state index contributed by atoms with van der Waals surface area (Å²) in [5.41, 5.74) is 5.14. The van der Waals surface area contributed by atoms with Gasteiger partial charge in [-0.25, -0.2) is 0 Å². The molecule has 148 valence electrons. The van der Waals surface area contributed by atoms with Gasteiger partial charge in [-0.15, -0.1) is 16.9 Å². The summed E-state index contributed by atoms with van der Waals surface area (Å²) >= 11 is 8.98. The molecule has 9 heteroatoms. The first-order chi connectivity index (χ1) is 13.8. The van der Waals surface area contributed by atoms with Crippen LogP contribution in [0.4, 0.5) is 0 Å². The van der Waals surface area contributed by atoms with Crippen LogP contribution in [0, 0.1) is 26.2 Å². The van der Waals surface area contributed by atoms with Gasteiger partial charge in [0.05, 0.1) is 5.57 Å². The fraction of sp³-hybridized carbons (Fsp3) is 0.200. The monoisotopic (exact) mass is 443 g/mol. The predicted octanol–water partition coefficient (Wildman–Crippen LogP) is 5.00. The van der Waals surface area contributed by atoms with E-state index in [4.69, 9.17) is 17.0 Å². The molecule has 0 spiro atoms. The molecule has 3 heterocycles. The van der Waals surface area contributed by atoms with E-state index in [0.29, 0.717) is 10.2 Å². The predicted molar refractivity (Wildman–Crippen MR) is 124 cm³/mol. The highest BCUT2D eigenvalue weighted by Crippen LogP contribution is 2.32. The van der Waals surface area contributed by atoms with Crippen LogP contribution in [0.5, 0.6) is 0 Å². The molecule has 0 atom stereocenters. The third-order valence-corrected chi connectivity index (χ3v) is 6.91. The summed E-state index contributed by atoms with van der Waals surface area (Å²) in [7, 11) is 0. The summed E-state index contributed by atoms with van der Waals surface area (Å²) in [5, 5.41) is 15.4. The Bertz CT molecular complexity index is 1160. The Morgan fingerprint density at radius 1 is 1.24 bits per heavy atom. The Kier molecular flexibility index (Phi) is 5.18. The molecule has 29 heavy (non-hydrogen) atoms. The van der Waals surface area contributed by atoms with Crippen molar-refractivity contribution in [3.8, 4) is 5.69 Å². The van der Waals surface area contributed by atoms with Crippen molar-refractivity contribution in [2.24, 2.45) is 10.1 Å². The SMILES string of the molecule is CSC1=NN2C(=N)/C(=C\c3cc(C)n(-c4cc(Cl)ccc4C)c3C)C(=O)N=C2S1. The van der Waals surface area contributed by atoms with E-state index >= 15 is 0 Å². The van der Waals surface area contributed by atoms with Gasteiger partial charge in [-0.05, 0) is 74.2 Å². The van der Waals surface area contributed by atoms with Crippen LogP contribution in [0.3, 0.4) is 0 Å². The number of amides is 1. The number of hydrogen-bond acceptors (Lipinski definition) is 5. The number of nitrogens with one attached hydrogen (secondary N) is 1. The molecule has 1 amide bonds. The number of benzene rings is 1. The summed E-state index contributed by atoms with van der Waals surface area (Å²) in [4.78, 5) is 16.7. The maximum absolute atomic E-state index is 12.6. The number of halogens is 1. The van der Waals surface area contributed by atoms with E-state index in [1.807, 2.05) is 51.3 Å². The van der Waals surface area contributed by atoms with Crippen LogP contribution in [0.15, 0.2) is 39.9 Å². The van der Waals surface area contributed by atoms with Crippen LogP contribution in [-0.4, -0.2) is 37.1 Å². The van der Waals surface area contributed by atoms with Crippen molar-refractivity contribution in [3.63, 3.8) is 0 Å². The molecule has 0 radical (unpaired) electrons. The van der Waals surface area contributed by atoms with Gasteiger partial charge in [-0.2, -0.15) is 10.0 Å². The maximum atomic E-state index is 12.6. The van der Waals surface area contributed by atoms with Crippen LogP contribution in [0.25, 0.3) is 11.8 Å². The lowest BCUT2D eigenvalue weighted by Gasteiger charge is -2.20. The molecule has 0 saturated carbocycles. The van der Waals surface area contributed by atoms with Crippen molar-refractivity contribution in [1.82, 2.24) is 9.58 Å². The number of aliphatic imine (C=N–C) groups is 1. The zero-order valence-corrected chi connectivity index (χ0v) is 18.7. The number of carbonyl (C=O) groups excluding carboxylic acids is 1. The average Bonchev–Trinajstić information content (AvgIpc) is 3.21. The van der Waals surface area contributed by atoms with Crippen LogP contribution < -0.4 is 0 Å². The molecule has 0 bridgehead atoms. The number of hydrazone groups is 1. The molecule has 0 fully saturated rings. The van der Waals surface area contributed by atoms with Crippen LogP contribution in [0.2, 0.25) is 5.02 Å². The van der Waals surface area contributed by atoms with Crippen molar-refractivity contribution < 1.29 is 4.79 Å². The largest absolute Gasteiger partial charge is 0.318 e. The molecule has 1 N–H and O–H groups in total. The summed E-state index contributed by atoms with van der Waals surface area (Å²) < 4.78 is 2.87. The maximum Gasteiger partial charge on any atom is 0.283 e. The molecular formula is C20H18ClN5OS2. The second-order valence-corrected chi connectivity index (χ2v) is 9.13. The first kappa shape index (κ1) is 20.0. The molecule has 6 nitrogen and oxygen atoms in total. The minimum atomic E-state index is -0.421. The third-order valence-electron chi connectivity index (χ3n) is 4.79. The van der Waals surface area contributed by atoms with Gasteiger partial charge >= 0.3 is 0 Å². The molecule has 1 aromatic heterocycles. The third kappa shape index (κ3) is 3.45. The second-order valence-electron chi connectivity index (χ2n) is 6.68. The van der Waals surface area contributed by atoms with E-state index in [1.165, 1.54) is 28.5 Å². The highest BCUT2D eigenvalue weighted by Gasteiger charge is 2.35. The quantitative estimate of drug-likeness (QED) is 0.663. The zero-order valence-electron chi connectivity index (χ0n) is 16.3. The number of aryl methyl sites for hydroxylation is 2. The van der Waals surface area contributed by atoms with Crippen molar-refractivity contribution in [1.29, 1.82) is 5.41 Å². The number of nitrogens with zero attached hydrogens (tertiary/aromatic N) is 4. The number of thioether (sulfide) groups is 2. The first-order valence-corrected chi connectivity index (χ1v) is 11.2. The van der Waals surface area contributed by atoms with Crippen molar-refractivity contribution >= 4 is 62.5 Å². The Labute approximate surface area is 182 Å². The lowest BCUT2D eigenvalue weighted by atomic mass is 10.1. The Balaban J connectivity index is 1.78. The van der Waals surface area contributed by atoms with Gasteiger partial charge < -0.3 is 4.57 Å². The zero-order chi connectivity index (χ0) is 20.9. The van der Waals surface area contributed by atoms with E-state index in [2.05, 4.69) is 14.7 Å². The summed E-state index contributed by atoms with van der Waals surface area (Å²) in [6.07, 6.45) is 3.63. The van der Waals surface area contributed by atoms with Crippen molar-refractivity contribution in [2.75, 3.05) is 6.26 Å². The minimum absolute atomic E-state index is 0.0419. The molecular weight excluding hydrogens is 426 g/mol. The van der Waals surface area contributed by atoms with Crippen molar-refractivity contribution in [2.45, 2.75) is 20.8 Å². The van der Waals surface area contributed by atoms with E-state index in [9.17, 15) is 4.79 Å². The molecule has 2 aliphatic rings. The molecule has 2 aromatic rings. The topological polar surface area (TPSA) is 73.8 Å². The molecule has 0 unspecified atom stereocenters. The fourth-order valence-corrected chi connectivity index (χ4v) is 4.85. The number of amidine groups is 2. The van der Waals surface area contributed by atoms with E-state index in [-0.39, 0.29) is 11.4 Å². The lowest BCUT2D eigenvalue weighted by Crippen LogP contribution is -2.35. The van der Waals surface area contributed by atoms with Gasteiger partial charge in [-0.3, -0.25) is 10.2 Å². The Morgan fingerprint density at radius 2 is 2.00 bits per heavy atom. The highest BCUT2D eigenvalue weighted by atomic mass is 35.5.